The lowest BCUT2D eigenvalue weighted by Gasteiger charge is -2.00. The van der Waals surface area contributed by atoms with Crippen molar-refractivity contribution in [2.45, 2.75) is 6.92 Å². The van der Waals surface area contributed by atoms with E-state index in [0.29, 0.717) is 11.6 Å². The summed E-state index contributed by atoms with van der Waals surface area (Å²) in [5.41, 5.74) is 9.04. The van der Waals surface area contributed by atoms with Gasteiger partial charge in [0.1, 0.15) is 11.6 Å². The molecule has 0 aliphatic carbocycles. The lowest BCUT2D eigenvalue weighted by Crippen LogP contribution is -2.07. The fraction of sp³-hybridized carbons (Fsp3) is 0.0714. The van der Waals surface area contributed by atoms with Gasteiger partial charge in [0.15, 0.2) is 5.82 Å². The molecule has 0 saturated heterocycles. The van der Waals surface area contributed by atoms with Crippen molar-refractivity contribution in [3.8, 4) is 5.82 Å². The van der Waals surface area contributed by atoms with Crippen LogP contribution in [-0.2, 0) is 0 Å². The summed E-state index contributed by atoms with van der Waals surface area (Å²) < 4.78 is 1.62. The van der Waals surface area contributed by atoms with Crippen LogP contribution >= 0.6 is 0 Å². The summed E-state index contributed by atoms with van der Waals surface area (Å²) in [6.45, 7) is 1.90. The molecule has 5 N–H and O–H groups in total. The molecule has 0 radical (unpaired) electrons. The zero-order chi connectivity index (χ0) is 15.1. The van der Waals surface area contributed by atoms with Crippen molar-refractivity contribution in [3.05, 3.63) is 60.6 Å². The molecule has 3 aromatic rings. The molecule has 0 unspecified atom stereocenters. The van der Waals surface area contributed by atoms with E-state index in [9.17, 15) is 0 Å². The number of hydrazine groups is 1. The minimum Gasteiger partial charge on any atom is -0.384 e. The molecule has 7 heteroatoms. The zero-order valence-corrected chi connectivity index (χ0v) is 11.6. The zero-order valence-electron chi connectivity index (χ0n) is 11.6. The third-order valence-electron chi connectivity index (χ3n) is 2.54. The highest BCUT2D eigenvalue weighted by Crippen LogP contribution is 2.10. The quantitative estimate of drug-likeness (QED) is 0.486. The summed E-state index contributed by atoms with van der Waals surface area (Å²) >= 11 is 0. The lowest BCUT2D eigenvalue weighted by atomic mass is 10.4. The summed E-state index contributed by atoms with van der Waals surface area (Å²) in [6.07, 6.45) is 3.39. The molecule has 7 nitrogen and oxygen atoms in total. The smallest absolute Gasteiger partial charge is 0.155 e. The van der Waals surface area contributed by atoms with E-state index in [1.165, 1.54) is 0 Å². The van der Waals surface area contributed by atoms with Crippen molar-refractivity contribution < 1.29 is 0 Å². The third kappa shape index (κ3) is 4.02. The minimum absolute atomic E-state index is 0.608. The number of nitrogens with two attached hydrogens (primary N) is 2. The first kappa shape index (κ1) is 14.5. The van der Waals surface area contributed by atoms with Gasteiger partial charge < -0.3 is 11.2 Å². The molecule has 3 aromatic heterocycles. The topological polar surface area (TPSA) is 108 Å². The highest BCUT2D eigenvalue weighted by molar-refractivity contribution is 5.38. The summed E-state index contributed by atoms with van der Waals surface area (Å²) in [4.78, 5) is 8.00. The number of aryl methyl sites for hydroxylation is 1. The Kier molecular flexibility index (Phi) is 4.84. The van der Waals surface area contributed by atoms with Crippen LogP contribution in [0.1, 0.15) is 5.69 Å². The second-order valence-corrected chi connectivity index (χ2v) is 4.17. The summed E-state index contributed by atoms with van der Waals surface area (Å²) in [7, 11) is 0. The van der Waals surface area contributed by atoms with Gasteiger partial charge in [-0.2, -0.15) is 9.78 Å². The van der Waals surface area contributed by atoms with E-state index in [4.69, 9.17) is 11.6 Å². The van der Waals surface area contributed by atoms with Crippen molar-refractivity contribution in [2.75, 3.05) is 11.2 Å². The maximum Gasteiger partial charge on any atom is 0.155 e. The normalized spacial score (nSPS) is 9.62. The first-order valence-electron chi connectivity index (χ1n) is 6.32. The first-order chi connectivity index (χ1) is 10.2. The molecule has 0 amide bonds. The molecule has 3 rings (SSSR count). The Morgan fingerprint density at radius 1 is 1.05 bits per heavy atom. The molecular formula is C14H17N7. The second-order valence-electron chi connectivity index (χ2n) is 4.17. The van der Waals surface area contributed by atoms with Crippen molar-refractivity contribution in [2.24, 2.45) is 5.84 Å². The van der Waals surface area contributed by atoms with Gasteiger partial charge in [0.05, 0.1) is 5.69 Å². The molecule has 0 aliphatic heterocycles. The van der Waals surface area contributed by atoms with E-state index in [1.807, 2.05) is 43.3 Å². The molecule has 0 aromatic carbocycles. The number of pyridine rings is 2. The van der Waals surface area contributed by atoms with Crippen molar-refractivity contribution >= 4 is 11.6 Å². The van der Waals surface area contributed by atoms with Gasteiger partial charge in [-0.1, -0.05) is 12.1 Å². The highest BCUT2D eigenvalue weighted by Gasteiger charge is 2.03. The predicted octanol–water partition coefficient (Wildman–Crippen LogP) is 1.53. The minimum atomic E-state index is 0.608. The van der Waals surface area contributed by atoms with Crippen LogP contribution < -0.4 is 17.0 Å². The number of hydrogen-bond donors (Lipinski definition) is 3. The van der Waals surface area contributed by atoms with Gasteiger partial charge in [-0.25, -0.2) is 15.8 Å². The SMILES string of the molecule is Cc1cc(N)n(-c2ccccn2)n1.NNc1ccccn1. The molecule has 0 bridgehead atoms. The van der Waals surface area contributed by atoms with Crippen LogP contribution in [0.2, 0.25) is 0 Å². The van der Waals surface area contributed by atoms with E-state index in [2.05, 4.69) is 20.5 Å². The van der Waals surface area contributed by atoms with Crippen molar-refractivity contribution in [1.29, 1.82) is 0 Å². The highest BCUT2D eigenvalue weighted by atomic mass is 15.3. The Morgan fingerprint density at radius 3 is 2.19 bits per heavy atom. The molecule has 0 saturated carbocycles. The molecule has 3 heterocycles. The van der Waals surface area contributed by atoms with E-state index in [0.717, 1.165) is 11.5 Å². The number of nitrogens with zero attached hydrogens (tertiary/aromatic N) is 4. The number of aromatic nitrogens is 4. The van der Waals surface area contributed by atoms with Gasteiger partial charge in [0.2, 0.25) is 0 Å². The Morgan fingerprint density at radius 2 is 1.76 bits per heavy atom. The average Bonchev–Trinajstić information content (AvgIpc) is 2.88. The molecule has 0 spiro atoms. The molecule has 0 fully saturated rings. The van der Waals surface area contributed by atoms with Gasteiger partial charge in [0.25, 0.3) is 0 Å². The predicted molar refractivity (Wildman–Crippen MR) is 82.6 cm³/mol. The van der Waals surface area contributed by atoms with Crippen LogP contribution in [-0.4, -0.2) is 19.7 Å². The van der Waals surface area contributed by atoms with Gasteiger partial charge >= 0.3 is 0 Å². The number of hydrogen-bond acceptors (Lipinski definition) is 6. The van der Waals surface area contributed by atoms with Gasteiger partial charge in [0, 0.05) is 18.5 Å². The average molecular weight is 283 g/mol. The largest absolute Gasteiger partial charge is 0.384 e. The second kappa shape index (κ2) is 7.01. The molecular weight excluding hydrogens is 266 g/mol. The van der Waals surface area contributed by atoms with Gasteiger partial charge in [-0.3, -0.25) is 0 Å². The lowest BCUT2D eigenvalue weighted by molar-refractivity contribution is 0.841. The molecule has 108 valence electrons. The monoisotopic (exact) mass is 283 g/mol. The van der Waals surface area contributed by atoms with Crippen molar-refractivity contribution in [1.82, 2.24) is 19.7 Å². The van der Waals surface area contributed by atoms with Crippen LogP contribution in [0.25, 0.3) is 5.82 Å². The number of nitrogens with one attached hydrogen (secondary N) is 1. The standard InChI is InChI=1S/C9H10N4.C5H7N3/c1-7-6-8(10)13(12-7)9-4-2-3-5-11-9;6-8-5-3-1-2-4-7-5/h2-6H,10H2,1H3;1-4H,6H2,(H,7,8). The number of anilines is 2. The Bertz CT molecular complexity index is 664. The molecule has 0 aliphatic rings. The fourth-order valence-electron chi connectivity index (χ4n) is 1.63. The maximum absolute atomic E-state index is 5.73. The fourth-order valence-corrected chi connectivity index (χ4v) is 1.63. The van der Waals surface area contributed by atoms with Crippen LogP contribution in [0.15, 0.2) is 54.9 Å². The van der Waals surface area contributed by atoms with Gasteiger partial charge in [-0.05, 0) is 31.2 Å². The number of rotatable bonds is 2. The summed E-state index contributed by atoms with van der Waals surface area (Å²) in [5.74, 6) is 7.08. The Hall–Kier alpha value is -2.93. The summed E-state index contributed by atoms with van der Waals surface area (Å²) in [6, 6.07) is 12.9. The van der Waals surface area contributed by atoms with Crippen LogP contribution in [0.3, 0.4) is 0 Å². The Balaban J connectivity index is 0.000000173. The Labute approximate surface area is 122 Å². The number of nitrogen functional groups attached to an aromatic ring is 2. The van der Waals surface area contributed by atoms with E-state index < -0.39 is 0 Å². The van der Waals surface area contributed by atoms with Crippen LogP contribution in [0.5, 0.6) is 0 Å². The van der Waals surface area contributed by atoms with Crippen LogP contribution in [0.4, 0.5) is 11.6 Å². The van der Waals surface area contributed by atoms with E-state index in [1.54, 1.807) is 23.1 Å². The molecule has 0 atom stereocenters. The third-order valence-corrected chi connectivity index (χ3v) is 2.54. The van der Waals surface area contributed by atoms with E-state index >= 15 is 0 Å². The molecule has 21 heavy (non-hydrogen) atoms. The summed E-state index contributed by atoms with van der Waals surface area (Å²) in [5, 5.41) is 4.21. The van der Waals surface area contributed by atoms with Crippen LogP contribution in [0, 0.1) is 6.92 Å². The van der Waals surface area contributed by atoms with Crippen molar-refractivity contribution in [3.63, 3.8) is 0 Å². The van der Waals surface area contributed by atoms with Gasteiger partial charge in [-0.15, -0.1) is 0 Å². The van der Waals surface area contributed by atoms with E-state index in [-0.39, 0.29) is 0 Å². The maximum atomic E-state index is 5.73. The first-order valence-corrected chi connectivity index (χ1v) is 6.32.